The van der Waals surface area contributed by atoms with Gasteiger partial charge < -0.3 is 29.5 Å². The van der Waals surface area contributed by atoms with E-state index >= 15 is 0 Å². The second-order valence-electron chi connectivity index (χ2n) is 5.93. The Morgan fingerprint density at radius 2 is 1.20 bits per heavy atom. The van der Waals surface area contributed by atoms with E-state index in [1.807, 2.05) is 0 Å². The molecule has 0 atom stereocenters. The first-order chi connectivity index (χ1) is 15.6. The number of hydrogen-bond acceptors (Lipinski definition) is 10. The topological polar surface area (TPSA) is 166 Å². The molecule has 1 N–H and O–H groups in total. The molecule has 0 spiro atoms. The average Bonchev–Trinajstić information content (AvgIpc) is 2.82. The van der Waals surface area contributed by atoms with E-state index in [1.54, 1.807) is 12.1 Å². The number of methoxy groups -OCH3 is 3. The fraction of sp³-hybridized carbons (Fsp3) is 0.227. The van der Waals surface area contributed by atoms with Crippen LogP contribution in [0.5, 0.6) is 11.5 Å². The number of aromatic carboxylic acids is 1. The van der Waals surface area contributed by atoms with Gasteiger partial charge in [0.1, 0.15) is 22.6 Å². The fourth-order valence-electron chi connectivity index (χ4n) is 2.29. The van der Waals surface area contributed by atoms with Gasteiger partial charge >= 0.3 is 63.3 Å². The summed E-state index contributed by atoms with van der Waals surface area (Å²) in [5.74, 6) is -1.26. The molecule has 13 heteroatoms. The number of ether oxygens (including phenoxy) is 3. The van der Waals surface area contributed by atoms with Gasteiger partial charge in [0.05, 0.1) is 21.3 Å². The Kier molecular flexibility index (Phi) is 23.3. The predicted octanol–water partition coefficient (Wildman–Crippen LogP) is -1.66. The van der Waals surface area contributed by atoms with Crippen LogP contribution in [0.15, 0.2) is 36.4 Å². The first-order valence-corrected chi connectivity index (χ1v) is 8.99. The van der Waals surface area contributed by atoms with Crippen molar-refractivity contribution in [1.29, 1.82) is 0 Å². The number of hydrogen-bond donors (Lipinski definition) is 1. The molecule has 2 aromatic rings. The van der Waals surface area contributed by atoms with Crippen LogP contribution < -0.4 is 66.1 Å². The molecule has 0 bridgehead atoms. The summed E-state index contributed by atoms with van der Waals surface area (Å²) >= 11 is 0. The van der Waals surface area contributed by atoms with Gasteiger partial charge in [0.2, 0.25) is 0 Å². The van der Waals surface area contributed by atoms with Gasteiger partial charge in [0.15, 0.2) is 11.6 Å². The summed E-state index contributed by atoms with van der Waals surface area (Å²) in [6.07, 6.45) is 0. The molecule has 2 aromatic carbocycles. The maximum absolute atomic E-state index is 11.4. The van der Waals surface area contributed by atoms with Crippen LogP contribution >= 0.6 is 0 Å². The molecule has 11 nitrogen and oxygen atoms in total. The largest absolute Gasteiger partial charge is 1.00 e. The Morgan fingerprint density at radius 3 is 1.49 bits per heavy atom. The number of carbonyl (C=O) groups is 5. The SMILES string of the molecule is COC(=O)c1cc(C(C)=O)ccc1OC.COc1ccc(C(C)=O)cc1C(=O)O.O=CO[O-].[K+].[K]. The third-order valence-corrected chi connectivity index (χ3v) is 3.89. The molecule has 2 rings (SSSR count). The third-order valence-electron chi connectivity index (χ3n) is 3.89. The monoisotopic (exact) mass is 541 g/mol. The van der Waals surface area contributed by atoms with Crippen molar-refractivity contribution in [3.05, 3.63) is 58.7 Å². The summed E-state index contributed by atoms with van der Waals surface area (Å²) < 4.78 is 14.4. The van der Waals surface area contributed by atoms with Crippen molar-refractivity contribution >= 4 is 81.4 Å². The summed E-state index contributed by atoms with van der Waals surface area (Å²) in [7, 11) is 4.12. The first kappa shape index (κ1) is 38.6. The van der Waals surface area contributed by atoms with Gasteiger partial charge in [-0.3, -0.25) is 14.4 Å². The van der Waals surface area contributed by atoms with Crippen molar-refractivity contribution in [2.45, 2.75) is 13.8 Å². The van der Waals surface area contributed by atoms with Gasteiger partial charge in [-0.25, -0.2) is 9.59 Å². The number of carboxylic acids is 1. The minimum atomic E-state index is -1.11. The molecule has 0 amide bonds. The van der Waals surface area contributed by atoms with Crippen molar-refractivity contribution in [2.75, 3.05) is 21.3 Å². The molecule has 179 valence electrons. The molecule has 0 aromatic heterocycles. The van der Waals surface area contributed by atoms with E-state index in [9.17, 15) is 19.2 Å². The summed E-state index contributed by atoms with van der Waals surface area (Å²) in [6.45, 7) is 2.64. The number of benzene rings is 2. The van der Waals surface area contributed by atoms with Gasteiger partial charge in [0, 0.05) is 62.5 Å². The van der Waals surface area contributed by atoms with Crippen molar-refractivity contribution in [1.82, 2.24) is 0 Å². The third kappa shape index (κ3) is 13.8. The maximum Gasteiger partial charge on any atom is 1.00 e. The molecule has 0 aliphatic rings. The standard InChI is InChI=1S/C11H12O4.C10H10O4.CH2O3.2K/c1-7(12)8-4-5-10(14-2)9(6-8)11(13)15-3;1-6(11)7-3-4-9(14-2)8(5-7)10(12)13;2-1-4-3;;/h4-6H,1-3H3;3-5H,1-2H3,(H,12,13);1,3H;;/q;;;;+1/p-1. The van der Waals surface area contributed by atoms with Gasteiger partial charge in [0.25, 0.3) is 6.47 Å². The number of ketones is 2. The number of Topliss-reactive ketones (excluding diaryl/α,β-unsaturated/α-hetero) is 2. The zero-order valence-electron chi connectivity index (χ0n) is 20.6. The molecule has 0 aliphatic heterocycles. The van der Waals surface area contributed by atoms with E-state index < -0.39 is 11.9 Å². The minimum absolute atomic E-state index is 0. The van der Waals surface area contributed by atoms with Crippen molar-refractivity contribution in [3.8, 4) is 11.5 Å². The Balaban J connectivity index is -0.000000484. The van der Waals surface area contributed by atoms with Gasteiger partial charge in [-0.1, -0.05) is 0 Å². The van der Waals surface area contributed by atoms with E-state index in [4.69, 9.17) is 24.6 Å². The number of carboxylic acid groups (broad SMARTS) is 1. The van der Waals surface area contributed by atoms with Crippen LogP contribution in [0.25, 0.3) is 0 Å². The first-order valence-electron chi connectivity index (χ1n) is 8.99. The molecule has 0 aliphatic carbocycles. The zero-order valence-corrected chi connectivity index (χ0v) is 26.8. The van der Waals surface area contributed by atoms with Gasteiger partial charge in [-0.15, -0.1) is 0 Å². The Bertz CT molecular complexity index is 1010. The van der Waals surface area contributed by atoms with Crippen LogP contribution in [0.1, 0.15) is 55.3 Å². The number of rotatable bonds is 7. The second kappa shape index (κ2) is 21.1. The van der Waals surface area contributed by atoms with Crippen LogP contribution in [-0.2, 0) is 14.4 Å². The molecule has 35 heavy (non-hydrogen) atoms. The van der Waals surface area contributed by atoms with E-state index in [0.29, 0.717) is 16.9 Å². The quantitative estimate of drug-likeness (QED) is 0.106. The Morgan fingerprint density at radius 1 is 0.829 bits per heavy atom. The average molecular weight is 542 g/mol. The van der Waals surface area contributed by atoms with Gasteiger partial charge in [-0.2, -0.15) is 0 Å². The molecule has 0 fully saturated rings. The van der Waals surface area contributed by atoms with E-state index in [0.717, 1.165) is 0 Å². The van der Waals surface area contributed by atoms with Crippen molar-refractivity contribution < 1.29 is 105 Å². The molecule has 0 heterocycles. The second-order valence-corrected chi connectivity index (χ2v) is 5.93. The summed E-state index contributed by atoms with van der Waals surface area (Å²) in [5, 5.41) is 17.2. The smallest absolute Gasteiger partial charge is 0.662 e. The Hall–Kier alpha value is -0.977. The van der Waals surface area contributed by atoms with Crippen LogP contribution in [0, 0.1) is 0 Å². The number of carbonyl (C=O) groups excluding carboxylic acids is 4. The van der Waals surface area contributed by atoms with Gasteiger partial charge in [-0.05, 0) is 50.2 Å². The van der Waals surface area contributed by atoms with E-state index in [-0.39, 0.29) is 138 Å². The molecule has 0 saturated carbocycles. The van der Waals surface area contributed by atoms with Crippen LogP contribution in [0.2, 0.25) is 0 Å². The zero-order chi connectivity index (χ0) is 25.6. The minimum Gasteiger partial charge on any atom is -0.662 e. The van der Waals surface area contributed by atoms with Crippen molar-refractivity contribution in [2.24, 2.45) is 0 Å². The molecular formula is C22H23K2O11. The number of esters is 1. The molecule has 0 unspecified atom stereocenters. The molecule has 1 radical (unpaired) electrons. The summed E-state index contributed by atoms with van der Waals surface area (Å²) in [4.78, 5) is 55.5. The fourth-order valence-corrected chi connectivity index (χ4v) is 2.29. The van der Waals surface area contributed by atoms with Crippen LogP contribution in [-0.4, -0.2) is 108 Å². The van der Waals surface area contributed by atoms with E-state index in [1.165, 1.54) is 59.4 Å². The van der Waals surface area contributed by atoms with Crippen molar-refractivity contribution in [3.63, 3.8) is 0 Å². The van der Waals surface area contributed by atoms with Crippen LogP contribution in [0.4, 0.5) is 0 Å². The molecular weight excluding hydrogens is 518 g/mol. The normalized spacial score (nSPS) is 8.51. The maximum atomic E-state index is 11.4. The predicted molar refractivity (Wildman–Crippen MR) is 117 cm³/mol. The van der Waals surface area contributed by atoms with E-state index in [2.05, 4.69) is 9.62 Å². The summed E-state index contributed by atoms with van der Waals surface area (Å²) in [5.41, 5.74) is 1.08. The summed E-state index contributed by atoms with van der Waals surface area (Å²) in [6, 6.07) is 8.96. The van der Waals surface area contributed by atoms with Crippen LogP contribution in [0.3, 0.4) is 0 Å². The molecule has 0 saturated heterocycles. The Labute approximate surface area is 287 Å².